The van der Waals surface area contributed by atoms with Crippen LogP contribution in [0.25, 0.3) is 0 Å². The summed E-state index contributed by atoms with van der Waals surface area (Å²) in [7, 11) is 0. The molecule has 0 unspecified atom stereocenters. The van der Waals surface area contributed by atoms with Crippen molar-refractivity contribution in [3.63, 3.8) is 0 Å². The van der Waals surface area contributed by atoms with Crippen LogP contribution in [0.5, 0.6) is 0 Å². The van der Waals surface area contributed by atoms with Gasteiger partial charge in [-0.2, -0.15) is 136 Å². The third kappa shape index (κ3) is 5.18. The average molecular weight is 832 g/mol. The van der Waals surface area contributed by atoms with Gasteiger partial charge >= 0.3 is 89.1 Å². The maximum absolute atomic E-state index is 13.7. The van der Waals surface area contributed by atoms with Crippen LogP contribution in [0.15, 0.2) is 0 Å². The van der Waals surface area contributed by atoms with Gasteiger partial charge < -0.3 is 0 Å². The van der Waals surface area contributed by atoms with Crippen molar-refractivity contribution in [2.45, 2.75) is 95.0 Å². The molecule has 2 nitrogen and oxygen atoms in total. The molecule has 0 heterocycles. The zero-order valence-electron chi connectivity index (χ0n) is 21.2. The van der Waals surface area contributed by atoms with Crippen LogP contribution in [-0.4, -0.2) is 95.0 Å². The number of hydrogen-bond donors (Lipinski definition) is 2. The molecule has 0 radical (unpaired) electrons. The fourth-order valence-corrected chi connectivity index (χ4v) is 2.78. The van der Waals surface area contributed by atoms with Gasteiger partial charge in [0.05, 0.1) is 0 Å². The van der Waals surface area contributed by atoms with Crippen LogP contribution < -0.4 is 11.5 Å². The van der Waals surface area contributed by atoms with Gasteiger partial charge in [0.2, 0.25) is 0 Å². The first kappa shape index (κ1) is 47.7. The Morgan fingerprint density at radius 1 is 0.160 bits per heavy atom. The third-order valence-corrected chi connectivity index (χ3v) is 5.96. The second kappa shape index (κ2) is 11.1. The fourth-order valence-electron chi connectivity index (χ4n) is 2.78. The SMILES string of the molecule is NC(N)(F)C(F)(F)C(F)(F)C(F)(F)C(F)(F)C(F)(F)C(F)(F)C(F)(F)C(F)(F)C(F)(F)C(F)(F)C(F)(F)C(F)(F)C(F)(F)C(F)(F)C(F)(F)F. The first-order chi connectivity index (χ1) is 20.8. The van der Waals surface area contributed by atoms with Crippen LogP contribution in [-0.2, 0) is 0 Å². The highest BCUT2D eigenvalue weighted by Crippen LogP contribution is 2.69. The summed E-state index contributed by atoms with van der Waals surface area (Å²) in [5.41, 5.74) is 6.64. The Hall–Kier alpha value is -2.32. The Balaban J connectivity index is 7.70. The Morgan fingerprint density at radius 3 is 0.360 bits per heavy atom. The van der Waals surface area contributed by atoms with E-state index in [1.807, 2.05) is 0 Å². The molecule has 50 heavy (non-hydrogen) atoms. The van der Waals surface area contributed by atoms with Crippen molar-refractivity contribution in [3.8, 4) is 0 Å². The molecule has 0 aromatic carbocycles. The molecule has 302 valence electrons. The molecule has 0 aliphatic rings. The molecular weight excluding hydrogens is 828 g/mol. The molecule has 0 aromatic heterocycles. The molecule has 0 aromatic rings. The van der Waals surface area contributed by atoms with E-state index in [0.717, 1.165) is 0 Å². The Kier molecular flexibility index (Phi) is 10.6. The topological polar surface area (TPSA) is 52.0 Å². The van der Waals surface area contributed by atoms with Crippen molar-refractivity contribution in [3.05, 3.63) is 0 Å². The van der Waals surface area contributed by atoms with E-state index < -0.39 is 95.0 Å². The first-order valence-corrected chi connectivity index (χ1v) is 10.4. The smallest absolute Gasteiger partial charge is 0.281 e. The van der Waals surface area contributed by atoms with E-state index in [1.165, 1.54) is 0 Å². The number of nitrogens with two attached hydrogens (primary N) is 2. The minimum absolute atomic E-state index is 3.32. The van der Waals surface area contributed by atoms with Gasteiger partial charge in [0.25, 0.3) is 5.92 Å². The lowest BCUT2D eigenvalue weighted by molar-refractivity contribution is -0.490. The van der Waals surface area contributed by atoms with Gasteiger partial charge in [-0.05, 0) is 0 Å². The van der Waals surface area contributed by atoms with E-state index >= 15 is 0 Å². The van der Waals surface area contributed by atoms with Crippen LogP contribution in [0, 0.1) is 0 Å². The predicted octanol–water partition coefficient (Wildman–Crippen LogP) is 8.98. The van der Waals surface area contributed by atoms with E-state index in [0.29, 0.717) is 0 Å². The molecule has 0 aliphatic heterocycles. The molecule has 0 atom stereocenters. The average Bonchev–Trinajstić information content (AvgIpc) is 2.85. The monoisotopic (exact) mass is 832 g/mol. The van der Waals surface area contributed by atoms with Gasteiger partial charge in [0.1, 0.15) is 0 Å². The lowest BCUT2D eigenvalue weighted by Crippen LogP contribution is -2.80. The van der Waals surface area contributed by atoms with Crippen LogP contribution in [0.3, 0.4) is 0 Å². The van der Waals surface area contributed by atoms with E-state index in [2.05, 4.69) is 11.5 Å². The quantitative estimate of drug-likeness (QED) is 0.104. The minimum Gasteiger partial charge on any atom is -0.281 e. The molecule has 0 saturated carbocycles. The molecule has 0 saturated heterocycles. The van der Waals surface area contributed by atoms with Gasteiger partial charge in [0.15, 0.2) is 0 Å². The molecule has 0 amide bonds. The Morgan fingerprint density at radius 2 is 0.260 bits per heavy atom. The zero-order chi connectivity index (χ0) is 42.0. The molecule has 0 spiro atoms. The predicted molar refractivity (Wildman–Crippen MR) is 87.5 cm³/mol. The van der Waals surface area contributed by atoms with Crippen LogP contribution in [0.2, 0.25) is 0 Å². The highest BCUT2D eigenvalue weighted by Gasteiger charge is 3.01. The van der Waals surface area contributed by atoms with E-state index in [1.54, 1.807) is 0 Å². The van der Waals surface area contributed by atoms with Crippen molar-refractivity contribution in [2.24, 2.45) is 11.5 Å². The molecular formula is C16H4F32N2. The summed E-state index contributed by atoms with van der Waals surface area (Å²) in [6.45, 7) is 0. The summed E-state index contributed by atoms with van der Waals surface area (Å²) in [5, 5.41) is 0. The normalized spacial score (nSPS) is 17.4. The lowest BCUT2D eigenvalue weighted by Gasteiger charge is -2.47. The largest absolute Gasteiger partial charge is 0.460 e. The molecule has 4 N–H and O–H groups in total. The van der Waals surface area contributed by atoms with Crippen molar-refractivity contribution < 1.29 is 140 Å². The summed E-state index contributed by atoms with van der Waals surface area (Å²) in [6.07, 6.45) is -8.37. The maximum Gasteiger partial charge on any atom is 0.460 e. The minimum atomic E-state index is -10.2. The van der Waals surface area contributed by atoms with Crippen molar-refractivity contribution >= 4 is 0 Å². The van der Waals surface area contributed by atoms with Gasteiger partial charge in [0, 0.05) is 0 Å². The highest BCUT2D eigenvalue weighted by molar-refractivity contribution is 5.22. The number of alkyl halides is 32. The standard InChI is InChI=1S/C16H4F32N2/c17-1(18,3(21,22)5(25,26)7(29,30)9(33,34)11(37,38)13(41,42)15(45,46)47)2(19,20)4(23,24)6(27,28)8(31,32)10(35,36)12(39,40)14(43,44)16(48,49)50/h49-50H2. The summed E-state index contributed by atoms with van der Waals surface area (Å²) in [6, 6.07) is 0. The molecule has 34 heteroatoms. The summed E-state index contributed by atoms with van der Waals surface area (Å²) < 4.78 is 426. The number of rotatable bonds is 14. The summed E-state index contributed by atoms with van der Waals surface area (Å²) in [5.74, 6) is -141. The third-order valence-electron chi connectivity index (χ3n) is 5.96. The summed E-state index contributed by atoms with van der Waals surface area (Å²) in [4.78, 5) is 0. The van der Waals surface area contributed by atoms with E-state index in [4.69, 9.17) is 0 Å². The second-order valence-corrected chi connectivity index (χ2v) is 9.31. The van der Waals surface area contributed by atoms with Crippen LogP contribution >= 0.6 is 0 Å². The molecule has 0 fully saturated rings. The van der Waals surface area contributed by atoms with Gasteiger partial charge in [-0.25, -0.2) is 4.39 Å². The first-order valence-electron chi connectivity index (χ1n) is 10.4. The summed E-state index contributed by atoms with van der Waals surface area (Å²) >= 11 is 0. The van der Waals surface area contributed by atoms with Gasteiger partial charge in [-0.1, -0.05) is 0 Å². The zero-order valence-corrected chi connectivity index (χ0v) is 21.2. The number of halogens is 32. The van der Waals surface area contributed by atoms with Crippen LogP contribution in [0.4, 0.5) is 140 Å². The Bertz CT molecular complexity index is 1150. The fraction of sp³-hybridized carbons (Fsp3) is 1.00. The number of hydrogen-bond acceptors (Lipinski definition) is 2. The van der Waals surface area contributed by atoms with E-state index in [-0.39, 0.29) is 0 Å². The second-order valence-electron chi connectivity index (χ2n) is 9.31. The molecule has 0 rings (SSSR count). The van der Waals surface area contributed by atoms with E-state index in [9.17, 15) is 140 Å². The molecule has 0 aliphatic carbocycles. The maximum atomic E-state index is 13.7. The van der Waals surface area contributed by atoms with Crippen molar-refractivity contribution in [1.82, 2.24) is 0 Å². The Labute approximate surface area is 248 Å². The van der Waals surface area contributed by atoms with Gasteiger partial charge in [-0.3, -0.25) is 11.5 Å². The highest BCUT2D eigenvalue weighted by atomic mass is 19.4. The van der Waals surface area contributed by atoms with Gasteiger partial charge in [-0.15, -0.1) is 0 Å². The molecule has 0 bridgehead atoms. The van der Waals surface area contributed by atoms with Crippen molar-refractivity contribution in [2.75, 3.05) is 0 Å². The van der Waals surface area contributed by atoms with Crippen molar-refractivity contribution in [1.29, 1.82) is 0 Å². The lowest BCUT2D eigenvalue weighted by atomic mass is 9.83. The van der Waals surface area contributed by atoms with Crippen LogP contribution in [0.1, 0.15) is 0 Å².